The zero-order chi connectivity index (χ0) is 11.7. The first-order valence-electron chi connectivity index (χ1n) is 5.43. The van der Waals surface area contributed by atoms with Crippen LogP contribution in [0.3, 0.4) is 0 Å². The fourth-order valence-corrected chi connectivity index (χ4v) is 2.17. The van der Waals surface area contributed by atoms with E-state index >= 15 is 0 Å². The Morgan fingerprint density at radius 1 is 0.812 bits per heavy atom. The Bertz CT molecular complexity index is 513. The highest BCUT2D eigenvalue weighted by Crippen LogP contribution is 2.31. The first-order chi connectivity index (χ1) is 7.61. The van der Waals surface area contributed by atoms with E-state index in [1.807, 2.05) is 6.07 Å². The lowest BCUT2D eigenvalue weighted by Crippen LogP contribution is -1.92. The highest BCUT2D eigenvalue weighted by molar-refractivity contribution is 6.31. The molecule has 2 aromatic carbocycles. The highest BCUT2D eigenvalue weighted by atomic mass is 35.5. The molecule has 0 amide bonds. The van der Waals surface area contributed by atoms with Gasteiger partial charge in [-0.1, -0.05) is 41.9 Å². The molecule has 0 saturated carbocycles. The van der Waals surface area contributed by atoms with Crippen LogP contribution in [0.5, 0.6) is 0 Å². The molecular formula is C15H15Cl. The molecule has 0 heterocycles. The van der Waals surface area contributed by atoms with Gasteiger partial charge in [0, 0.05) is 5.02 Å². The Hall–Kier alpha value is -1.27. The normalized spacial score (nSPS) is 10.5. The molecule has 0 nitrogen and oxygen atoms in total. The zero-order valence-electron chi connectivity index (χ0n) is 9.84. The van der Waals surface area contributed by atoms with Crippen LogP contribution in [-0.4, -0.2) is 0 Å². The number of rotatable bonds is 1. The summed E-state index contributed by atoms with van der Waals surface area (Å²) in [7, 11) is 0. The molecule has 0 fully saturated rings. The summed E-state index contributed by atoms with van der Waals surface area (Å²) < 4.78 is 0. The number of halogens is 1. The maximum absolute atomic E-state index is 6.24. The molecule has 0 aliphatic rings. The van der Waals surface area contributed by atoms with Gasteiger partial charge in [0.05, 0.1) is 0 Å². The van der Waals surface area contributed by atoms with Crippen molar-refractivity contribution in [2.45, 2.75) is 20.8 Å². The average molecular weight is 231 g/mol. The molecule has 16 heavy (non-hydrogen) atoms. The van der Waals surface area contributed by atoms with E-state index in [0.29, 0.717) is 0 Å². The van der Waals surface area contributed by atoms with Crippen LogP contribution in [0.2, 0.25) is 5.02 Å². The Balaban J connectivity index is 2.68. The molecule has 2 rings (SSSR count). The summed E-state index contributed by atoms with van der Waals surface area (Å²) in [6.45, 7) is 6.35. The van der Waals surface area contributed by atoms with Crippen LogP contribution >= 0.6 is 11.6 Å². The van der Waals surface area contributed by atoms with E-state index < -0.39 is 0 Å². The van der Waals surface area contributed by atoms with Gasteiger partial charge < -0.3 is 0 Å². The molecule has 0 aromatic heterocycles. The standard InChI is InChI=1S/C15H15Cl/c1-10-11(2)14(9-15(16)12(10)3)13-7-5-4-6-8-13/h4-9H,1-3H3. The molecule has 0 aliphatic heterocycles. The van der Waals surface area contributed by atoms with Gasteiger partial charge in [-0.3, -0.25) is 0 Å². The Kier molecular flexibility index (Phi) is 3.02. The average Bonchev–Trinajstić information content (AvgIpc) is 2.32. The molecule has 0 spiro atoms. The number of hydrogen-bond donors (Lipinski definition) is 0. The maximum Gasteiger partial charge on any atom is 0.0444 e. The molecule has 0 atom stereocenters. The van der Waals surface area contributed by atoms with Crippen molar-refractivity contribution in [2.75, 3.05) is 0 Å². The molecule has 0 bridgehead atoms. The smallest absolute Gasteiger partial charge is 0.0444 e. The Labute approximate surface area is 102 Å². The second kappa shape index (κ2) is 4.31. The van der Waals surface area contributed by atoms with Crippen LogP contribution in [0.25, 0.3) is 11.1 Å². The second-order valence-electron chi connectivity index (χ2n) is 4.15. The summed E-state index contributed by atoms with van der Waals surface area (Å²) in [6.07, 6.45) is 0. The molecule has 82 valence electrons. The van der Waals surface area contributed by atoms with Gasteiger partial charge in [-0.25, -0.2) is 0 Å². The van der Waals surface area contributed by atoms with Crippen LogP contribution in [-0.2, 0) is 0 Å². The van der Waals surface area contributed by atoms with Gasteiger partial charge in [0.2, 0.25) is 0 Å². The van der Waals surface area contributed by atoms with E-state index in [4.69, 9.17) is 11.6 Å². The van der Waals surface area contributed by atoms with E-state index in [0.717, 1.165) is 5.02 Å². The Morgan fingerprint density at radius 2 is 1.44 bits per heavy atom. The van der Waals surface area contributed by atoms with E-state index in [-0.39, 0.29) is 0 Å². The Morgan fingerprint density at radius 3 is 2.06 bits per heavy atom. The van der Waals surface area contributed by atoms with Gasteiger partial charge in [-0.2, -0.15) is 0 Å². The van der Waals surface area contributed by atoms with Gasteiger partial charge >= 0.3 is 0 Å². The monoisotopic (exact) mass is 230 g/mol. The van der Waals surface area contributed by atoms with Crippen LogP contribution in [0.4, 0.5) is 0 Å². The SMILES string of the molecule is Cc1c(Cl)cc(-c2ccccc2)c(C)c1C. The minimum atomic E-state index is 0.849. The molecule has 1 heteroatoms. The topological polar surface area (TPSA) is 0 Å². The zero-order valence-corrected chi connectivity index (χ0v) is 10.6. The summed E-state index contributed by atoms with van der Waals surface area (Å²) in [6, 6.07) is 12.4. The minimum absolute atomic E-state index is 0.849. The first-order valence-corrected chi connectivity index (χ1v) is 5.80. The summed E-state index contributed by atoms with van der Waals surface area (Å²) >= 11 is 6.24. The van der Waals surface area contributed by atoms with E-state index in [1.165, 1.54) is 27.8 Å². The fourth-order valence-electron chi connectivity index (χ4n) is 1.92. The van der Waals surface area contributed by atoms with E-state index in [9.17, 15) is 0 Å². The van der Waals surface area contributed by atoms with Crippen molar-refractivity contribution in [2.24, 2.45) is 0 Å². The van der Waals surface area contributed by atoms with Crippen LogP contribution in [0, 0.1) is 20.8 Å². The number of hydrogen-bond acceptors (Lipinski definition) is 0. The summed E-state index contributed by atoms with van der Waals surface area (Å²) in [5.41, 5.74) is 6.23. The third-order valence-electron chi connectivity index (χ3n) is 3.24. The van der Waals surface area contributed by atoms with Crippen LogP contribution in [0.1, 0.15) is 16.7 Å². The lowest BCUT2D eigenvalue weighted by atomic mass is 9.94. The third-order valence-corrected chi connectivity index (χ3v) is 3.64. The first kappa shape index (κ1) is 11.2. The molecule has 0 unspecified atom stereocenters. The molecule has 0 N–H and O–H groups in total. The summed E-state index contributed by atoms with van der Waals surface area (Å²) in [5.74, 6) is 0. The lowest BCUT2D eigenvalue weighted by Gasteiger charge is -2.13. The molecular weight excluding hydrogens is 216 g/mol. The predicted molar refractivity (Wildman–Crippen MR) is 71.1 cm³/mol. The quantitative estimate of drug-likeness (QED) is 0.652. The van der Waals surface area contributed by atoms with Gasteiger partial charge in [-0.15, -0.1) is 0 Å². The molecule has 0 radical (unpaired) electrons. The molecule has 0 saturated heterocycles. The van der Waals surface area contributed by atoms with Crippen molar-refractivity contribution in [3.63, 3.8) is 0 Å². The van der Waals surface area contributed by atoms with Crippen LogP contribution in [0.15, 0.2) is 36.4 Å². The van der Waals surface area contributed by atoms with Gasteiger partial charge in [0.25, 0.3) is 0 Å². The van der Waals surface area contributed by atoms with Gasteiger partial charge in [-0.05, 0) is 54.7 Å². The summed E-state index contributed by atoms with van der Waals surface area (Å²) in [4.78, 5) is 0. The van der Waals surface area contributed by atoms with Gasteiger partial charge in [0.15, 0.2) is 0 Å². The molecule has 2 aromatic rings. The van der Waals surface area contributed by atoms with Gasteiger partial charge in [0.1, 0.15) is 0 Å². The van der Waals surface area contributed by atoms with Crippen molar-refractivity contribution >= 4 is 11.6 Å². The van der Waals surface area contributed by atoms with Crippen LogP contribution < -0.4 is 0 Å². The second-order valence-corrected chi connectivity index (χ2v) is 4.55. The fraction of sp³-hybridized carbons (Fsp3) is 0.200. The predicted octanol–water partition coefficient (Wildman–Crippen LogP) is 4.93. The lowest BCUT2D eigenvalue weighted by molar-refractivity contribution is 1.27. The highest BCUT2D eigenvalue weighted by Gasteiger charge is 2.09. The molecule has 0 aliphatic carbocycles. The minimum Gasteiger partial charge on any atom is -0.0840 e. The van der Waals surface area contributed by atoms with Crippen molar-refractivity contribution < 1.29 is 0 Å². The van der Waals surface area contributed by atoms with Crippen molar-refractivity contribution in [1.29, 1.82) is 0 Å². The van der Waals surface area contributed by atoms with E-state index in [1.54, 1.807) is 0 Å². The third kappa shape index (κ3) is 1.85. The number of benzene rings is 2. The van der Waals surface area contributed by atoms with Crippen molar-refractivity contribution in [3.05, 3.63) is 58.1 Å². The van der Waals surface area contributed by atoms with Crippen molar-refractivity contribution in [1.82, 2.24) is 0 Å². The van der Waals surface area contributed by atoms with E-state index in [2.05, 4.69) is 51.1 Å². The summed E-state index contributed by atoms with van der Waals surface area (Å²) in [5, 5.41) is 0.849. The van der Waals surface area contributed by atoms with Crippen molar-refractivity contribution in [3.8, 4) is 11.1 Å². The largest absolute Gasteiger partial charge is 0.0840 e. The maximum atomic E-state index is 6.24.